The van der Waals surface area contributed by atoms with Crippen molar-refractivity contribution < 1.29 is 30.8 Å². The van der Waals surface area contributed by atoms with Crippen LogP contribution in [0.25, 0.3) is 0 Å². The molecule has 0 spiro atoms. The van der Waals surface area contributed by atoms with Gasteiger partial charge in [0.15, 0.2) is 11.6 Å². The van der Waals surface area contributed by atoms with Gasteiger partial charge in [0.25, 0.3) is 0 Å². The average molecular weight is 493 g/mol. The number of halogens is 4. The Morgan fingerprint density at radius 2 is 0.909 bits per heavy atom. The van der Waals surface area contributed by atoms with E-state index in [0.29, 0.717) is 19.0 Å². The summed E-state index contributed by atoms with van der Waals surface area (Å²) in [4.78, 5) is 0. The third-order valence-corrected chi connectivity index (χ3v) is 9.61. The number of hydrogen-bond donors (Lipinski definition) is 0. The third kappa shape index (κ3) is 6.83. The minimum absolute atomic E-state index is 0.0213. The summed E-state index contributed by atoms with van der Waals surface area (Å²) in [6, 6.07) is 0. The lowest BCUT2D eigenvalue weighted by Gasteiger charge is -2.42. The van der Waals surface area contributed by atoms with E-state index in [9.17, 15) is 0 Å². The highest BCUT2D eigenvalue weighted by atomic mass is 28.4. The van der Waals surface area contributed by atoms with E-state index in [2.05, 4.69) is 0 Å². The fourth-order valence-corrected chi connectivity index (χ4v) is 7.60. The predicted molar refractivity (Wildman–Crippen MR) is 131 cm³/mol. The number of rotatable bonds is 17. The van der Waals surface area contributed by atoms with Crippen LogP contribution in [0, 0.1) is 23.3 Å². The molecule has 0 aliphatic rings. The van der Waals surface area contributed by atoms with Crippen LogP contribution < -0.4 is 10.6 Å². The van der Waals surface area contributed by atoms with Crippen molar-refractivity contribution in [1.29, 1.82) is 0 Å². The van der Waals surface area contributed by atoms with Gasteiger partial charge in [-0.1, -0.05) is 59.3 Å². The molecule has 3 nitrogen and oxygen atoms in total. The zero-order valence-corrected chi connectivity index (χ0v) is 22.3. The molecule has 0 aliphatic heterocycles. The molecule has 0 radical (unpaired) electrons. The van der Waals surface area contributed by atoms with Gasteiger partial charge in [0, 0.05) is 26.0 Å². The fraction of sp³-hybridized carbons (Fsp3) is 0.750. The van der Waals surface area contributed by atoms with E-state index in [-0.39, 0.29) is 19.8 Å². The van der Waals surface area contributed by atoms with Crippen molar-refractivity contribution in [2.24, 2.45) is 0 Å². The van der Waals surface area contributed by atoms with Crippen molar-refractivity contribution in [3.05, 3.63) is 23.3 Å². The minimum atomic E-state index is -4.20. The average Bonchev–Trinajstić information content (AvgIpc) is 2.79. The summed E-state index contributed by atoms with van der Waals surface area (Å²) in [5.41, 5.74) is -0.406. The van der Waals surface area contributed by atoms with Gasteiger partial charge in [-0.05, 0) is 20.8 Å². The van der Waals surface area contributed by atoms with Gasteiger partial charge in [-0.25, -0.2) is 17.6 Å². The molecule has 0 atom stereocenters. The van der Waals surface area contributed by atoms with Crippen LogP contribution in [0.4, 0.5) is 17.6 Å². The van der Waals surface area contributed by atoms with Gasteiger partial charge < -0.3 is 13.3 Å². The smallest absolute Gasteiger partial charge is 0.370 e. The van der Waals surface area contributed by atoms with Crippen molar-refractivity contribution in [2.75, 3.05) is 19.8 Å². The molecule has 0 amide bonds. The Hall–Kier alpha value is -0.898. The van der Waals surface area contributed by atoms with E-state index in [0.717, 1.165) is 38.5 Å². The van der Waals surface area contributed by atoms with Gasteiger partial charge in [-0.15, -0.1) is 5.46 Å². The summed E-state index contributed by atoms with van der Waals surface area (Å²) in [6.45, 7) is 10.9. The minimum Gasteiger partial charge on any atom is -0.370 e. The molecular formula is C24H42BF4O3Si-. The molecule has 33 heavy (non-hydrogen) atoms. The third-order valence-electron chi connectivity index (χ3n) is 6.55. The number of unbranched alkanes of at least 4 members (excludes halogenated alkanes) is 3. The summed E-state index contributed by atoms with van der Waals surface area (Å²) in [5.74, 6) is -5.52. The molecule has 1 rings (SSSR count). The summed E-state index contributed by atoms with van der Waals surface area (Å²) in [5, 5.41) is -0.863. The van der Waals surface area contributed by atoms with Gasteiger partial charge in [0.1, 0.15) is 11.6 Å². The van der Waals surface area contributed by atoms with Crippen LogP contribution in [0.2, 0.25) is 19.0 Å². The summed E-state index contributed by atoms with van der Waals surface area (Å²) in [7, 11) is -4.20. The maximum absolute atomic E-state index is 15.8. The van der Waals surface area contributed by atoms with E-state index in [1.165, 1.54) is 0 Å². The number of benzene rings is 1. The maximum atomic E-state index is 15.8. The molecule has 0 fully saturated rings. The Morgan fingerprint density at radius 1 is 0.576 bits per heavy atom. The van der Waals surface area contributed by atoms with Gasteiger partial charge in [-0.3, -0.25) is 0 Å². The molecule has 0 saturated heterocycles. The molecule has 0 aliphatic carbocycles. The normalized spacial score (nSPS) is 12.5. The largest absolute Gasteiger partial charge is 0.543 e. The van der Waals surface area contributed by atoms with E-state index in [4.69, 9.17) is 13.3 Å². The zero-order chi connectivity index (χ0) is 25.1. The maximum Gasteiger partial charge on any atom is 0.543 e. The second-order valence-corrected chi connectivity index (χ2v) is 11.3. The number of hydrogen-bond acceptors (Lipinski definition) is 3. The molecule has 0 unspecified atom stereocenters. The lowest BCUT2D eigenvalue weighted by molar-refractivity contribution is 0.0840. The summed E-state index contributed by atoms with van der Waals surface area (Å²) in [6.07, 6.45) is 4.52. The van der Waals surface area contributed by atoms with E-state index < -0.39 is 48.9 Å². The van der Waals surface area contributed by atoms with Crippen LogP contribution >= 0.6 is 0 Å². The molecule has 0 aromatic heterocycles. The molecule has 1 aromatic carbocycles. The van der Waals surface area contributed by atoms with Crippen LogP contribution in [-0.4, -0.2) is 34.8 Å². The van der Waals surface area contributed by atoms with Crippen LogP contribution in [0.5, 0.6) is 0 Å². The Bertz CT molecular complexity index is 668. The van der Waals surface area contributed by atoms with E-state index in [1.807, 2.05) is 20.8 Å². The predicted octanol–water partition coefficient (Wildman–Crippen LogP) is 6.55. The van der Waals surface area contributed by atoms with Gasteiger partial charge in [0.05, 0.1) is 5.19 Å². The Labute approximate surface area is 198 Å². The van der Waals surface area contributed by atoms with E-state index >= 15 is 17.6 Å². The SMILES string of the molecule is CCCC[B-](CCCC)(CCCC)c1c(F)c(F)c([Si](OCC)(OCC)OCC)c(F)c1F. The van der Waals surface area contributed by atoms with Crippen molar-refractivity contribution in [3.8, 4) is 0 Å². The first-order valence-electron chi connectivity index (χ1n) is 12.7. The topological polar surface area (TPSA) is 27.7 Å². The van der Waals surface area contributed by atoms with Crippen molar-refractivity contribution in [2.45, 2.75) is 99.0 Å². The first-order chi connectivity index (χ1) is 15.8. The van der Waals surface area contributed by atoms with E-state index in [1.54, 1.807) is 20.8 Å². The molecule has 192 valence electrons. The first-order valence-corrected chi connectivity index (χ1v) is 14.5. The summed E-state index contributed by atoms with van der Waals surface area (Å²) >= 11 is 0. The van der Waals surface area contributed by atoms with Crippen molar-refractivity contribution >= 4 is 25.6 Å². The lowest BCUT2D eigenvalue weighted by atomic mass is 9.16. The van der Waals surface area contributed by atoms with Gasteiger partial charge in [0.2, 0.25) is 0 Å². The Morgan fingerprint density at radius 3 is 1.18 bits per heavy atom. The standard InChI is InChI=1S/C24H42BF4O3Si/c1-7-13-16-25(17-14-8-2,18-15-9-3)19-20(26)22(28)24(23(29)21(19)27)33(30-10-4,31-11-5)32-12-6/h7-18H2,1-6H3/q-1. The first kappa shape index (κ1) is 30.1. The second kappa shape index (κ2) is 14.5. The van der Waals surface area contributed by atoms with Crippen molar-refractivity contribution in [3.63, 3.8) is 0 Å². The van der Waals surface area contributed by atoms with Crippen LogP contribution in [0.1, 0.15) is 80.1 Å². The molecule has 0 heterocycles. The highest BCUT2D eigenvalue weighted by molar-refractivity contribution is 6.92. The fourth-order valence-electron chi connectivity index (χ4n) is 5.02. The van der Waals surface area contributed by atoms with Crippen LogP contribution in [0.3, 0.4) is 0 Å². The highest BCUT2D eigenvalue weighted by Gasteiger charge is 2.51. The zero-order valence-electron chi connectivity index (χ0n) is 21.3. The monoisotopic (exact) mass is 493 g/mol. The van der Waals surface area contributed by atoms with Gasteiger partial charge >= 0.3 is 8.80 Å². The highest BCUT2D eigenvalue weighted by Crippen LogP contribution is 2.32. The lowest BCUT2D eigenvalue weighted by Crippen LogP contribution is -2.62. The van der Waals surface area contributed by atoms with Crippen LogP contribution in [-0.2, 0) is 13.3 Å². The molecule has 1 aromatic rings. The van der Waals surface area contributed by atoms with Crippen molar-refractivity contribution in [1.82, 2.24) is 0 Å². The molecule has 9 heteroatoms. The Kier molecular flexibility index (Phi) is 13.2. The molecule has 0 saturated carbocycles. The molecular weight excluding hydrogens is 451 g/mol. The molecule has 0 bridgehead atoms. The summed E-state index contributed by atoms with van der Waals surface area (Å²) < 4.78 is 79.7. The second-order valence-electron chi connectivity index (χ2n) is 8.80. The quantitative estimate of drug-likeness (QED) is 0.140. The Balaban J connectivity index is 3.91. The molecule has 0 N–H and O–H groups in total. The van der Waals surface area contributed by atoms with Crippen LogP contribution in [0.15, 0.2) is 0 Å². The van der Waals surface area contributed by atoms with Gasteiger partial charge in [-0.2, -0.15) is 19.0 Å².